The summed E-state index contributed by atoms with van der Waals surface area (Å²) in [6, 6.07) is 15.8. The van der Waals surface area contributed by atoms with Crippen LogP contribution in [0.4, 0.5) is 0 Å². The lowest BCUT2D eigenvalue weighted by Crippen LogP contribution is -2.46. The number of nitrogens with zero attached hydrogens (tertiary/aromatic N) is 2. The van der Waals surface area contributed by atoms with E-state index in [0.29, 0.717) is 36.6 Å². The van der Waals surface area contributed by atoms with Crippen LogP contribution in [0.15, 0.2) is 70.2 Å². The minimum Gasteiger partial charge on any atom is -0.493 e. The topological polar surface area (TPSA) is 89.3 Å². The van der Waals surface area contributed by atoms with Crippen LogP contribution in [0.5, 0.6) is 11.5 Å². The SMILES string of the molecule is CCC(C)N(CC(=O)N(CCc1ccc(OC)c(OC)c1)Cc1ccco1)S(=O)(=O)c1ccc(C(C)(C)C)cc1. The minimum atomic E-state index is -3.92. The molecule has 2 aromatic carbocycles. The largest absolute Gasteiger partial charge is 0.493 e. The Morgan fingerprint density at radius 1 is 1.00 bits per heavy atom. The van der Waals surface area contributed by atoms with Gasteiger partial charge in [0.1, 0.15) is 5.76 Å². The Bertz CT molecular complexity index is 1350. The highest BCUT2D eigenvalue weighted by molar-refractivity contribution is 7.89. The van der Waals surface area contributed by atoms with E-state index in [1.54, 1.807) is 49.6 Å². The summed E-state index contributed by atoms with van der Waals surface area (Å²) < 4.78 is 45.2. The molecule has 1 heterocycles. The molecule has 0 radical (unpaired) electrons. The van der Waals surface area contributed by atoms with Crippen LogP contribution in [0.3, 0.4) is 0 Å². The van der Waals surface area contributed by atoms with E-state index in [4.69, 9.17) is 13.9 Å². The number of benzene rings is 2. The molecule has 3 aromatic rings. The third-order valence-electron chi connectivity index (χ3n) is 7.10. The molecule has 1 aromatic heterocycles. The lowest BCUT2D eigenvalue weighted by molar-refractivity contribution is -0.132. The second-order valence-electron chi connectivity index (χ2n) is 10.9. The Morgan fingerprint density at radius 2 is 1.68 bits per heavy atom. The van der Waals surface area contributed by atoms with Gasteiger partial charge >= 0.3 is 0 Å². The maximum absolute atomic E-state index is 13.8. The monoisotopic (exact) mass is 570 g/mol. The molecule has 0 aliphatic carbocycles. The molecule has 1 atom stereocenters. The molecule has 0 N–H and O–H groups in total. The molecular formula is C31H42N2O6S. The third-order valence-corrected chi connectivity index (χ3v) is 9.07. The number of carbonyl (C=O) groups is 1. The predicted octanol–water partition coefficient (Wildman–Crippen LogP) is 5.66. The van der Waals surface area contributed by atoms with Gasteiger partial charge in [0.25, 0.3) is 0 Å². The van der Waals surface area contributed by atoms with Gasteiger partial charge in [0.05, 0.1) is 38.5 Å². The molecule has 9 heteroatoms. The Hall–Kier alpha value is -3.30. The molecular weight excluding hydrogens is 528 g/mol. The van der Waals surface area contributed by atoms with E-state index in [-0.39, 0.29) is 35.3 Å². The minimum absolute atomic E-state index is 0.102. The smallest absolute Gasteiger partial charge is 0.243 e. The second-order valence-corrected chi connectivity index (χ2v) is 12.8. The Kier molecular flexibility index (Phi) is 10.4. The Balaban J connectivity index is 1.86. The van der Waals surface area contributed by atoms with Crippen LogP contribution >= 0.6 is 0 Å². The van der Waals surface area contributed by atoms with E-state index >= 15 is 0 Å². The number of carbonyl (C=O) groups excluding carboxylic acids is 1. The zero-order chi connectivity index (χ0) is 29.5. The van der Waals surface area contributed by atoms with Crippen molar-refractivity contribution in [2.45, 2.75) is 70.4 Å². The van der Waals surface area contributed by atoms with Gasteiger partial charge in [-0.15, -0.1) is 0 Å². The fraction of sp³-hybridized carbons (Fsp3) is 0.452. The molecule has 0 fully saturated rings. The number of amides is 1. The van der Waals surface area contributed by atoms with Crippen molar-refractivity contribution < 1.29 is 27.1 Å². The van der Waals surface area contributed by atoms with Crippen molar-refractivity contribution in [2.75, 3.05) is 27.3 Å². The van der Waals surface area contributed by atoms with Gasteiger partial charge in [-0.2, -0.15) is 4.31 Å². The third kappa shape index (κ3) is 7.67. The van der Waals surface area contributed by atoms with Crippen molar-refractivity contribution in [3.8, 4) is 11.5 Å². The van der Waals surface area contributed by atoms with Crippen LogP contribution < -0.4 is 9.47 Å². The number of hydrogen-bond donors (Lipinski definition) is 0. The van der Waals surface area contributed by atoms with E-state index < -0.39 is 10.0 Å². The standard InChI is InChI=1S/C31H42N2O6S/c1-8-23(2)33(40(35,36)27-14-12-25(13-15-27)31(3,4)5)22-30(34)32(21-26-10-9-19-39-26)18-17-24-11-16-28(37-6)29(20-24)38-7/h9-16,19-20,23H,8,17-18,21-22H2,1-7H3. The molecule has 3 rings (SSSR count). The summed E-state index contributed by atoms with van der Waals surface area (Å²) in [7, 11) is -0.758. The van der Waals surface area contributed by atoms with E-state index in [0.717, 1.165) is 11.1 Å². The molecule has 8 nitrogen and oxygen atoms in total. The van der Waals surface area contributed by atoms with Crippen molar-refractivity contribution in [1.82, 2.24) is 9.21 Å². The van der Waals surface area contributed by atoms with Crippen LogP contribution in [-0.2, 0) is 33.2 Å². The summed E-state index contributed by atoms with van der Waals surface area (Å²) in [5.74, 6) is 1.55. The molecule has 218 valence electrons. The molecule has 0 saturated carbocycles. The first-order valence-corrected chi connectivity index (χ1v) is 15.0. The van der Waals surface area contributed by atoms with Gasteiger partial charge in [-0.25, -0.2) is 8.42 Å². The number of methoxy groups -OCH3 is 2. The summed E-state index contributed by atoms with van der Waals surface area (Å²) in [6.07, 6.45) is 2.66. The fourth-order valence-electron chi connectivity index (χ4n) is 4.36. The second kappa shape index (κ2) is 13.4. The van der Waals surface area contributed by atoms with E-state index in [1.807, 2.05) is 44.2 Å². The summed E-state index contributed by atoms with van der Waals surface area (Å²) in [4.78, 5) is 15.6. The fourth-order valence-corrected chi connectivity index (χ4v) is 6.01. The molecule has 0 bridgehead atoms. The normalized spacial score (nSPS) is 12.8. The number of furan rings is 1. The first-order valence-electron chi connectivity index (χ1n) is 13.5. The van der Waals surface area contributed by atoms with Crippen molar-refractivity contribution >= 4 is 15.9 Å². The van der Waals surface area contributed by atoms with Crippen LogP contribution in [0, 0.1) is 0 Å². The molecule has 0 spiro atoms. The highest BCUT2D eigenvalue weighted by Gasteiger charge is 2.32. The zero-order valence-electron chi connectivity index (χ0n) is 24.6. The zero-order valence-corrected chi connectivity index (χ0v) is 25.5. The number of rotatable bonds is 13. The molecule has 0 aliphatic heterocycles. The van der Waals surface area contributed by atoms with Gasteiger partial charge < -0.3 is 18.8 Å². The maximum atomic E-state index is 13.8. The van der Waals surface area contributed by atoms with Gasteiger partial charge in [0.2, 0.25) is 15.9 Å². The average Bonchev–Trinajstić information content (AvgIpc) is 3.46. The lowest BCUT2D eigenvalue weighted by atomic mass is 9.87. The van der Waals surface area contributed by atoms with Crippen LogP contribution in [0.2, 0.25) is 0 Å². The van der Waals surface area contributed by atoms with Crippen molar-refractivity contribution in [1.29, 1.82) is 0 Å². The Labute approximate surface area is 238 Å². The van der Waals surface area contributed by atoms with Crippen LogP contribution in [-0.4, -0.2) is 56.9 Å². The number of hydrogen-bond acceptors (Lipinski definition) is 6. The lowest BCUT2D eigenvalue weighted by Gasteiger charge is -2.30. The highest BCUT2D eigenvalue weighted by Crippen LogP contribution is 2.28. The van der Waals surface area contributed by atoms with Gasteiger partial charge in [-0.3, -0.25) is 4.79 Å². The summed E-state index contributed by atoms with van der Waals surface area (Å²) >= 11 is 0. The molecule has 40 heavy (non-hydrogen) atoms. The van der Waals surface area contributed by atoms with Crippen molar-refractivity contribution in [3.63, 3.8) is 0 Å². The van der Waals surface area contributed by atoms with Gasteiger partial charge in [-0.05, 0) is 72.7 Å². The van der Waals surface area contributed by atoms with E-state index in [1.165, 1.54) is 4.31 Å². The quantitative estimate of drug-likeness (QED) is 0.264. The summed E-state index contributed by atoms with van der Waals surface area (Å²) in [5.41, 5.74) is 1.90. The highest BCUT2D eigenvalue weighted by atomic mass is 32.2. The van der Waals surface area contributed by atoms with Gasteiger partial charge in [0.15, 0.2) is 11.5 Å². The van der Waals surface area contributed by atoms with Crippen molar-refractivity contribution in [2.24, 2.45) is 0 Å². The van der Waals surface area contributed by atoms with E-state index in [2.05, 4.69) is 20.8 Å². The first-order chi connectivity index (χ1) is 18.9. The van der Waals surface area contributed by atoms with Crippen LogP contribution in [0.1, 0.15) is 57.9 Å². The van der Waals surface area contributed by atoms with Crippen LogP contribution in [0.25, 0.3) is 0 Å². The van der Waals surface area contributed by atoms with E-state index in [9.17, 15) is 13.2 Å². The number of sulfonamides is 1. The molecule has 0 saturated heterocycles. The number of ether oxygens (including phenoxy) is 2. The van der Waals surface area contributed by atoms with Gasteiger partial charge in [-0.1, -0.05) is 45.9 Å². The summed E-state index contributed by atoms with van der Waals surface area (Å²) in [5, 5.41) is 0. The maximum Gasteiger partial charge on any atom is 0.243 e. The van der Waals surface area contributed by atoms with Crippen molar-refractivity contribution in [3.05, 3.63) is 77.7 Å². The average molecular weight is 571 g/mol. The predicted molar refractivity (Wildman–Crippen MR) is 156 cm³/mol. The molecule has 1 unspecified atom stereocenters. The first kappa shape index (κ1) is 31.2. The Morgan fingerprint density at radius 3 is 2.23 bits per heavy atom. The van der Waals surface area contributed by atoms with Gasteiger partial charge in [0, 0.05) is 12.6 Å². The summed E-state index contributed by atoms with van der Waals surface area (Å²) in [6.45, 7) is 10.3. The molecule has 1 amide bonds. The molecule has 0 aliphatic rings.